The lowest BCUT2D eigenvalue weighted by atomic mass is 10.1. The van der Waals surface area contributed by atoms with Crippen LogP contribution in [0.4, 0.5) is 0 Å². The van der Waals surface area contributed by atoms with Crippen LogP contribution in [0, 0.1) is 0 Å². The van der Waals surface area contributed by atoms with Crippen LogP contribution < -0.4 is 5.73 Å². The summed E-state index contributed by atoms with van der Waals surface area (Å²) >= 11 is 0. The molecule has 0 aliphatic carbocycles. The molecular weight excluding hydrogens is 232 g/mol. The maximum absolute atomic E-state index is 9.46. The van der Waals surface area contributed by atoms with Crippen molar-refractivity contribution in [2.24, 2.45) is 10.9 Å². The van der Waals surface area contributed by atoms with Crippen LogP contribution in [-0.4, -0.2) is 45.2 Å². The lowest BCUT2D eigenvalue weighted by Gasteiger charge is -2.29. The topological polar surface area (TPSA) is 95.0 Å². The third-order valence-electron chi connectivity index (χ3n) is 3.19. The molecule has 18 heavy (non-hydrogen) atoms. The van der Waals surface area contributed by atoms with Crippen molar-refractivity contribution in [3.8, 4) is 0 Å². The summed E-state index contributed by atoms with van der Waals surface area (Å²) in [6.45, 7) is 2.41. The van der Waals surface area contributed by atoms with E-state index in [-0.39, 0.29) is 11.9 Å². The van der Waals surface area contributed by atoms with Crippen molar-refractivity contribution in [3.63, 3.8) is 0 Å². The number of aliphatic hydroxyl groups excluding tert-OH is 1. The van der Waals surface area contributed by atoms with E-state index in [9.17, 15) is 5.11 Å². The van der Waals surface area contributed by atoms with Crippen LogP contribution in [0.1, 0.15) is 24.1 Å². The third kappa shape index (κ3) is 2.96. The van der Waals surface area contributed by atoms with E-state index in [1.54, 1.807) is 6.20 Å². The number of aliphatic hydroxyl groups is 1. The quantitative estimate of drug-likeness (QED) is 0.307. The first kappa shape index (κ1) is 12.8. The average molecular weight is 250 g/mol. The van der Waals surface area contributed by atoms with Crippen molar-refractivity contribution in [3.05, 3.63) is 29.6 Å². The van der Waals surface area contributed by atoms with Crippen molar-refractivity contribution in [2.75, 3.05) is 13.1 Å². The van der Waals surface area contributed by atoms with Crippen molar-refractivity contribution in [2.45, 2.75) is 25.5 Å². The van der Waals surface area contributed by atoms with Gasteiger partial charge in [-0.1, -0.05) is 11.2 Å². The van der Waals surface area contributed by atoms with Gasteiger partial charge >= 0.3 is 0 Å². The van der Waals surface area contributed by atoms with Crippen LogP contribution in [0.5, 0.6) is 0 Å². The van der Waals surface area contributed by atoms with E-state index in [0.29, 0.717) is 12.2 Å². The largest absolute Gasteiger partial charge is 0.409 e. The minimum Gasteiger partial charge on any atom is -0.409 e. The molecule has 1 aromatic rings. The number of oxime groups is 1. The van der Waals surface area contributed by atoms with E-state index in [0.717, 1.165) is 31.5 Å². The Morgan fingerprint density at radius 2 is 2.22 bits per heavy atom. The van der Waals surface area contributed by atoms with Crippen molar-refractivity contribution in [1.29, 1.82) is 0 Å². The molecule has 0 radical (unpaired) electrons. The van der Waals surface area contributed by atoms with Gasteiger partial charge in [0.05, 0.1) is 6.10 Å². The van der Waals surface area contributed by atoms with E-state index in [4.69, 9.17) is 10.9 Å². The molecule has 0 aromatic carbocycles. The molecule has 4 N–H and O–H groups in total. The van der Waals surface area contributed by atoms with Gasteiger partial charge in [-0.25, -0.2) is 0 Å². The summed E-state index contributed by atoms with van der Waals surface area (Å²) in [5.41, 5.74) is 7.06. The van der Waals surface area contributed by atoms with E-state index in [1.165, 1.54) is 0 Å². The summed E-state index contributed by atoms with van der Waals surface area (Å²) in [4.78, 5) is 6.37. The zero-order chi connectivity index (χ0) is 13.0. The molecule has 98 valence electrons. The molecular formula is C12H18N4O2. The van der Waals surface area contributed by atoms with E-state index >= 15 is 0 Å². The first-order valence-electron chi connectivity index (χ1n) is 6.03. The maximum Gasteiger partial charge on any atom is 0.189 e. The highest BCUT2D eigenvalue weighted by atomic mass is 16.4. The number of likely N-dealkylation sites (tertiary alicyclic amines) is 1. The first-order chi connectivity index (χ1) is 8.70. The van der Waals surface area contributed by atoms with Gasteiger partial charge in [0.15, 0.2) is 5.84 Å². The number of nitrogens with two attached hydrogens (primary N) is 1. The van der Waals surface area contributed by atoms with Gasteiger partial charge in [0.2, 0.25) is 0 Å². The first-order valence-corrected chi connectivity index (χ1v) is 6.03. The van der Waals surface area contributed by atoms with Crippen LogP contribution in [0.3, 0.4) is 0 Å². The minimum absolute atomic E-state index is 0.0302. The Balaban J connectivity index is 2.09. The molecule has 2 rings (SSSR count). The third-order valence-corrected chi connectivity index (χ3v) is 3.19. The average Bonchev–Trinajstić information content (AvgIpc) is 2.41. The summed E-state index contributed by atoms with van der Waals surface area (Å²) in [7, 11) is 0. The maximum atomic E-state index is 9.46. The number of piperidine rings is 1. The van der Waals surface area contributed by atoms with E-state index in [2.05, 4.69) is 15.0 Å². The van der Waals surface area contributed by atoms with Gasteiger partial charge in [0.25, 0.3) is 0 Å². The number of nitrogens with zero attached hydrogens (tertiary/aromatic N) is 3. The van der Waals surface area contributed by atoms with Gasteiger partial charge in [0.1, 0.15) is 5.69 Å². The van der Waals surface area contributed by atoms with Crippen molar-refractivity contribution < 1.29 is 10.3 Å². The van der Waals surface area contributed by atoms with Crippen LogP contribution in [-0.2, 0) is 6.54 Å². The van der Waals surface area contributed by atoms with Gasteiger partial charge < -0.3 is 16.0 Å². The monoisotopic (exact) mass is 250 g/mol. The predicted octanol–water partition coefficient (Wildman–Crippen LogP) is 0.133. The van der Waals surface area contributed by atoms with E-state index < -0.39 is 0 Å². The molecule has 0 saturated carbocycles. The van der Waals surface area contributed by atoms with Crippen LogP contribution in [0.2, 0.25) is 0 Å². The number of hydrogen-bond acceptors (Lipinski definition) is 5. The Morgan fingerprint density at radius 1 is 1.50 bits per heavy atom. The Bertz CT molecular complexity index is 428. The van der Waals surface area contributed by atoms with Crippen molar-refractivity contribution >= 4 is 5.84 Å². The Kier molecular flexibility index (Phi) is 4.11. The summed E-state index contributed by atoms with van der Waals surface area (Å²) in [6.07, 6.45) is 3.02. The molecule has 1 fully saturated rings. The molecule has 6 nitrogen and oxygen atoms in total. The second-order valence-electron chi connectivity index (χ2n) is 4.50. The Morgan fingerprint density at radius 3 is 2.89 bits per heavy atom. The van der Waals surface area contributed by atoms with Gasteiger partial charge in [0, 0.05) is 25.8 Å². The number of hydrogen-bond donors (Lipinski definition) is 3. The summed E-state index contributed by atoms with van der Waals surface area (Å²) in [6, 6.07) is 3.76. The molecule has 0 spiro atoms. The standard InChI is InChI=1S/C12H18N4O2/c13-12(15-18)11-9(2-1-5-14-11)8-16-6-3-10(17)4-7-16/h1-2,5,10,17-18H,3-4,6-8H2,(H2,13,15). The molecule has 0 atom stereocenters. The van der Waals surface area contributed by atoms with Crippen molar-refractivity contribution in [1.82, 2.24) is 9.88 Å². The fourth-order valence-corrected chi connectivity index (χ4v) is 2.16. The Hall–Kier alpha value is -1.66. The Labute approximate surface area is 106 Å². The zero-order valence-corrected chi connectivity index (χ0v) is 10.2. The van der Waals surface area contributed by atoms with Gasteiger partial charge in [-0.15, -0.1) is 0 Å². The highest BCUT2D eigenvalue weighted by molar-refractivity contribution is 5.96. The van der Waals surface area contributed by atoms with Crippen LogP contribution in [0.15, 0.2) is 23.5 Å². The normalized spacial score (nSPS) is 19.1. The second kappa shape index (κ2) is 5.79. The molecule has 1 aromatic heterocycles. The molecule has 0 unspecified atom stereocenters. The summed E-state index contributed by atoms with van der Waals surface area (Å²) < 4.78 is 0. The number of amidine groups is 1. The number of rotatable bonds is 3. The molecule has 1 aliphatic heterocycles. The zero-order valence-electron chi connectivity index (χ0n) is 10.2. The smallest absolute Gasteiger partial charge is 0.189 e. The minimum atomic E-state index is -0.182. The second-order valence-corrected chi connectivity index (χ2v) is 4.50. The fourth-order valence-electron chi connectivity index (χ4n) is 2.16. The summed E-state index contributed by atoms with van der Waals surface area (Å²) in [5.74, 6) is 0.0302. The summed E-state index contributed by atoms with van der Waals surface area (Å²) in [5, 5.41) is 21.2. The molecule has 1 aliphatic rings. The molecule has 0 bridgehead atoms. The van der Waals surface area contributed by atoms with Gasteiger partial charge in [-0.3, -0.25) is 9.88 Å². The number of pyridine rings is 1. The van der Waals surface area contributed by atoms with Gasteiger partial charge in [-0.05, 0) is 24.5 Å². The van der Waals surface area contributed by atoms with Gasteiger partial charge in [-0.2, -0.15) is 0 Å². The van der Waals surface area contributed by atoms with E-state index in [1.807, 2.05) is 12.1 Å². The molecule has 2 heterocycles. The molecule has 0 amide bonds. The highest BCUT2D eigenvalue weighted by Crippen LogP contribution is 2.15. The highest BCUT2D eigenvalue weighted by Gasteiger charge is 2.18. The molecule has 6 heteroatoms. The van der Waals surface area contributed by atoms with Crippen LogP contribution >= 0.6 is 0 Å². The van der Waals surface area contributed by atoms with Crippen LogP contribution in [0.25, 0.3) is 0 Å². The lowest BCUT2D eigenvalue weighted by Crippen LogP contribution is -2.36. The number of aromatic nitrogens is 1. The predicted molar refractivity (Wildman–Crippen MR) is 67.3 cm³/mol. The lowest BCUT2D eigenvalue weighted by molar-refractivity contribution is 0.0792. The SMILES string of the molecule is NC(=NO)c1ncccc1CN1CCC(O)CC1. The fraction of sp³-hybridized carbons (Fsp3) is 0.500. The molecule has 1 saturated heterocycles.